The Morgan fingerprint density at radius 3 is 2.60 bits per heavy atom. The highest BCUT2D eigenvalue weighted by atomic mass is 79.9. The zero-order valence-electron chi connectivity index (χ0n) is 14.5. The quantitative estimate of drug-likeness (QED) is 0.570. The number of hydrazone groups is 1. The molecule has 0 bridgehead atoms. The van der Waals surface area contributed by atoms with Crippen molar-refractivity contribution < 1.29 is 14.3 Å². The van der Waals surface area contributed by atoms with Crippen LogP contribution in [0.3, 0.4) is 0 Å². The van der Waals surface area contributed by atoms with Gasteiger partial charge in [0.15, 0.2) is 0 Å². The molecule has 0 saturated carbocycles. The molecule has 6 heteroatoms. The summed E-state index contributed by atoms with van der Waals surface area (Å²) in [7, 11) is 0. The minimum absolute atomic E-state index is 0.447. The van der Waals surface area contributed by atoms with Gasteiger partial charge < -0.3 is 9.47 Å². The molecule has 0 atom stereocenters. The molecule has 2 aromatic carbocycles. The molecule has 0 fully saturated rings. The van der Waals surface area contributed by atoms with Crippen molar-refractivity contribution in [2.45, 2.75) is 33.0 Å². The summed E-state index contributed by atoms with van der Waals surface area (Å²) >= 11 is 3.42. The lowest BCUT2D eigenvalue weighted by Crippen LogP contribution is -2.29. The van der Waals surface area contributed by atoms with Crippen molar-refractivity contribution in [3.63, 3.8) is 0 Å². The van der Waals surface area contributed by atoms with Crippen LogP contribution in [0.5, 0.6) is 5.75 Å². The molecule has 0 aliphatic rings. The number of rotatable bonds is 5. The maximum Gasteiger partial charge on any atom is 0.428 e. The lowest BCUT2D eigenvalue weighted by Gasteiger charge is -2.18. The Hall–Kier alpha value is -2.34. The Morgan fingerprint density at radius 1 is 1.20 bits per heavy atom. The Labute approximate surface area is 156 Å². The average molecular weight is 405 g/mol. The van der Waals surface area contributed by atoms with Crippen LogP contribution in [0.15, 0.2) is 58.1 Å². The van der Waals surface area contributed by atoms with Crippen LogP contribution >= 0.6 is 15.9 Å². The minimum atomic E-state index is -0.606. The summed E-state index contributed by atoms with van der Waals surface area (Å²) < 4.78 is 11.9. The van der Waals surface area contributed by atoms with E-state index in [9.17, 15) is 4.79 Å². The third-order valence-electron chi connectivity index (χ3n) is 2.97. The van der Waals surface area contributed by atoms with Crippen molar-refractivity contribution in [1.82, 2.24) is 5.43 Å². The third-order valence-corrected chi connectivity index (χ3v) is 3.46. The number of hydrogen-bond acceptors (Lipinski definition) is 4. The highest BCUT2D eigenvalue weighted by Gasteiger charge is 2.15. The van der Waals surface area contributed by atoms with Crippen LogP contribution in [0.25, 0.3) is 0 Å². The largest absolute Gasteiger partial charge is 0.488 e. The number of nitrogens with zero attached hydrogens (tertiary/aromatic N) is 1. The van der Waals surface area contributed by atoms with E-state index in [0.29, 0.717) is 12.4 Å². The summed E-state index contributed by atoms with van der Waals surface area (Å²) in [5, 5.41) is 3.93. The van der Waals surface area contributed by atoms with Gasteiger partial charge in [-0.05, 0) is 44.5 Å². The van der Waals surface area contributed by atoms with Gasteiger partial charge in [-0.3, -0.25) is 0 Å². The molecule has 0 unspecified atom stereocenters. The molecule has 0 aliphatic heterocycles. The Kier molecular flexibility index (Phi) is 6.58. The van der Waals surface area contributed by atoms with Gasteiger partial charge in [0.2, 0.25) is 0 Å². The topological polar surface area (TPSA) is 59.9 Å². The van der Waals surface area contributed by atoms with E-state index in [0.717, 1.165) is 15.6 Å². The summed E-state index contributed by atoms with van der Waals surface area (Å²) in [5.41, 5.74) is 3.58. The van der Waals surface area contributed by atoms with Gasteiger partial charge in [0.1, 0.15) is 18.0 Å². The lowest BCUT2D eigenvalue weighted by molar-refractivity contribution is 0.0529. The minimum Gasteiger partial charge on any atom is -0.488 e. The van der Waals surface area contributed by atoms with Crippen molar-refractivity contribution in [3.05, 3.63) is 64.1 Å². The zero-order chi connectivity index (χ0) is 18.3. The first kappa shape index (κ1) is 19.0. The fourth-order valence-electron chi connectivity index (χ4n) is 1.94. The van der Waals surface area contributed by atoms with Gasteiger partial charge in [-0.1, -0.05) is 46.3 Å². The fourth-order valence-corrected chi connectivity index (χ4v) is 2.32. The molecule has 25 heavy (non-hydrogen) atoms. The normalized spacial score (nSPS) is 11.4. The zero-order valence-corrected chi connectivity index (χ0v) is 16.0. The highest BCUT2D eigenvalue weighted by molar-refractivity contribution is 9.10. The molecule has 5 nitrogen and oxygen atoms in total. The average Bonchev–Trinajstić information content (AvgIpc) is 2.53. The monoisotopic (exact) mass is 404 g/mol. The van der Waals surface area contributed by atoms with Gasteiger partial charge in [-0.2, -0.15) is 5.10 Å². The summed E-state index contributed by atoms with van der Waals surface area (Å²) in [6.07, 6.45) is 0.917. The fraction of sp³-hybridized carbons (Fsp3) is 0.263. The Morgan fingerprint density at radius 2 is 1.92 bits per heavy atom. The Balaban J connectivity index is 2.02. The van der Waals surface area contributed by atoms with Gasteiger partial charge in [0.25, 0.3) is 0 Å². The van der Waals surface area contributed by atoms with Gasteiger partial charge in [-0.15, -0.1) is 0 Å². The smallest absolute Gasteiger partial charge is 0.428 e. The lowest BCUT2D eigenvalue weighted by atomic mass is 10.2. The molecular weight excluding hydrogens is 384 g/mol. The number of hydrogen-bond donors (Lipinski definition) is 1. The van der Waals surface area contributed by atoms with Crippen LogP contribution in [-0.4, -0.2) is 17.9 Å². The number of benzene rings is 2. The molecule has 0 radical (unpaired) electrons. The van der Waals surface area contributed by atoms with Crippen LogP contribution in [0, 0.1) is 0 Å². The molecule has 0 aromatic heterocycles. The summed E-state index contributed by atoms with van der Waals surface area (Å²) in [5.74, 6) is 0.668. The van der Waals surface area contributed by atoms with E-state index in [-0.39, 0.29) is 0 Å². The molecule has 0 spiro atoms. The maximum absolute atomic E-state index is 11.6. The van der Waals surface area contributed by atoms with E-state index < -0.39 is 11.7 Å². The number of ether oxygens (including phenoxy) is 2. The molecule has 1 amide bonds. The molecular formula is C19H21BrN2O3. The van der Waals surface area contributed by atoms with E-state index in [1.807, 2.05) is 48.5 Å². The first-order valence-corrected chi connectivity index (χ1v) is 8.61. The van der Waals surface area contributed by atoms with Crippen molar-refractivity contribution in [2.75, 3.05) is 0 Å². The van der Waals surface area contributed by atoms with E-state index in [1.165, 1.54) is 6.21 Å². The number of halogens is 1. The highest BCUT2D eigenvalue weighted by Crippen LogP contribution is 2.22. The molecule has 2 aromatic rings. The third kappa shape index (κ3) is 6.97. The number of nitrogens with one attached hydrogen (secondary N) is 1. The van der Waals surface area contributed by atoms with E-state index >= 15 is 0 Å². The van der Waals surface area contributed by atoms with Crippen LogP contribution < -0.4 is 10.2 Å². The van der Waals surface area contributed by atoms with Crippen LogP contribution in [0.4, 0.5) is 4.79 Å². The van der Waals surface area contributed by atoms with E-state index in [2.05, 4.69) is 26.5 Å². The summed E-state index contributed by atoms with van der Waals surface area (Å²) in [6.45, 7) is 5.82. The number of amides is 1. The Bertz CT molecular complexity index is 740. The van der Waals surface area contributed by atoms with E-state index in [1.54, 1.807) is 20.8 Å². The summed E-state index contributed by atoms with van der Waals surface area (Å²) in [6, 6.07) is 15.5. The number of carbonyl (C=O) groups is 1. The predicted octanol–water partition coefficient (Wildman–Crippen LogP) is 4.89. The van der Waals surface area contributed by atoms with Crippen LogP contribution in [0.1, 0.15) is 31.9 Å². The standard InChI is InChI=1S/C19H21BrN2O3/c1-19(2,3)25-18(23)22-21-12-15-11-16(20)9-10-17(15)24-13-14-7-5-4-6-8-14/h4-12H,13H2,1-3H3,(H,22,23)/b21-12+. The van der Waals surface area contributed by atoms with Crippen LogP contribution in [0.2, 0.25) is 0 Å². The molecule has 0 saturated heterocycles. The predicted molar refractivity (Wildman–Crippen MR) is 102 cm³/mol. The molecule has 1 N–H and O–H groups in total. The molecule has 0 heterocycles. The second-order valence-corrected chi connectivity index (χ2v) is 7.24. The molecule has 132 valence electrons. The van der Waals surface area contributed by atoms with E-state index in [4.69, 9.17) is 9.47 Å². The number of carbonyl (C=O) groups excluding carboxylic acids is 1. The van der Waals surface area contributed by atoms with Crippen molar-refractivity contribution in [2.24, 2.45) is 5.10 Å². The maximum atomic E-state index is 11.6. The van der Waals surface area contributed by atoms with Crippen molar-refractivity contribution in [1.29, 1.82) is 0 Å². The van der Waals surface area contributed by atoms with Gasteiger partial charge in [0.05, 0.1) is 6.21 Å². The first-order chi connectivity index (χ1) is 11.8. The second-order valence-electron chi connectivity index (χ2n) is 6.33. The van der Waals surface area contributed by atoms with Crippen molar-refractivity contribution >= 4 is 28.2 Å². The van der Waals surface area contributed by atoms with Gasteiger partial charge in [-0.25, -0.2) is 10.2 Å². The SMILES string of the molecule is CC(C)(C)OC(=O)N/N=C/c1cc(Br)ccc1OCc1ccccc1. The molecule has 2 rings (SSSR count). The second kappa shape index (κ2) is 8.67. The first-order valence-electron chi connectivity index (χ1n) is 7.82. The molecule has 0 aliphatic carbocycles. The van der Waals surface area contributed by atoms with Gasteiger partial charge >= 0.3 is 6.09 Å². The van der Waals surface area contributed by atoms with Gasteiger partial charge in [0, 0.05) is 10.0 Å². The van der Waals surface area contributed by atoms with Crippen molar-refractivity contribution in [3.8, 4) is 5.75 Å². The van der Waals surface area contributed by atoms with Crippen LogP contribution in [-0.2, 0) is 11.3 Å². The summed E-state index contributed by atoms with van der Waals surface area (Å²) in [4.78, 5) is 11.6.